The smallest absolute Gasteiger partial charge is 0.283 e. The average molecular weight is 661 g/mol. The van der Waals surface area contributed by atoms with Crippen LogP contribution in [-0.4, -0.2) is 47.3 Å². The fourth-order valence-corrected chi connectivity index (χ4v) is 5.79. The number of thioether (sulfide) groups is 1. The van der Waals surface area contributed by atoms with Gasteiger partial charge in [-0.3, -0.25) is 10.2 Å². The highest BCUT2D eigenvalue weighted by molar-refractivity contribution is 14.1. The number of methoxy groups -OCH3 is 1. The molecule has 2 aliphatic heterocycles. The van der Waals surface area contributed by atoms with Crippen LogP contribution < -0.4 is 14.2 Å². The Morgan fingerprint density at radius 2 is 1.82 bits per heavy atom. The second-order valence-corrected chi connectivity index (χ2v) is 11.4. The lowest BCUT2D eigenvalue weighted by Gasteiger charge is -2.20. The standard InChI is InChI=1S/C29H33IN4O4S/c1-4-5-6-7-8-9-25-33-34-27(31)22(28(35)32-29(34)39-25)16-20-17-23(30)26(24(18-20)36-3)38-15-14-37-21-12-10-19(2)11-13-21/h10-13,16-18,31H,4-9,14-15H2,1-3H3/b22-16-,31-27?. The number of nitrogens with zero attached hydrogens (tertiary/aromatic N) is 3. The van der Waals surface area contributed by atoms with E-state index in [1.165, 1.54) is 41.6 Å². The minimum absolute atomic E-state index is 0.0287. The largest absolute Gasteiger partial charge is 0.493 e. The van der Waals surface area contributed by atoms with Gasteiger partial charge in [0.05, 0.1) is 16.3 Å². The van der Waals surface area contributed by atoms with Gasteiger partial charge >= 0.3 is 0 Å². The molecule has 0 spiro atoms. The van der Waals surface area contributed by atoms with Crippen LogP contribution in [0.25, 0.3) is 6.08 Å². The van der Waals surface area contributed by atoms with Crippen molar-refractivity contribution in [1.82, 2.24) is 5.01 Å². The molecule has 2 aromatic carbocycles. The third-order valence-corrected chi connectivity index (χ3v) is 7.94. The molecule has 2 aromatic rings. The van der Waals surface area contributed by atoms with Crippen molar-refractivity contribution in [2.45, 2.75) is 52.4 Å². The molecule has 10 heteroatoms. The van der Waals surface area contributed by atoms with Crippen molar-refractivity contribution >= 4 is 62.4 Å². The summed E-state index contributed by atoms with van der Waals surface area (Å²) in [4.78, 5) is 17.1. The molecule has 2 aliphatic rings. The Balaban J connectivity index is 1.41. The number of fused-ring (bicyclic) bond motifs is 1. The van der Waals surface area contributed by atoms with E-state index in [2.05, 4.69) is 39.6 Å². The van der Waals surface area contributed by atoms with Gasteiger partial charge in [0.1, 0.15) is 24.0 Å². The molecule has 0 bridgehead atoms. The number of hydrogen-bond donors (Lipinski definition) is 1. The fraction of sp³-hybridized carbons (Fsp3) is 0.379. The predicted octanol–water partition coefficient (Wildman–Crippen LogP) is 7.05. The maximum Gasteiger partial charge on any atom is 0.283 e. The number of carbonyl (C=O) groups excluding carboxylic acids is 1. The zero-order chi connectivity index (χ0) is 27.8. The van der Waals surface area contributed by atoms with Crippen molar-refractivity contribution in [2.24, 2.45) is 10.1 Å². The van der Waals surface area contributed by atoms with Gasteiger partial charge in [0.25, 0.3) is 5.91 Å². The molecule has 39 heavy (non-hydrogen) atoms. The molecule has 0 unspecified atom stereocenters. The summed E-state index contributed by atoms with van der Waals surface area (Å²) in [6.45, 7) is 4.96. The number of hydrogen-bond acceptors (Lipinski definition) is 7. The minimum atomic E-state index is -0.444. The number of ether oxygens (including phenoxy) is 3. The van der Waals surface area contributed by atoms with Crippen LogP contribution in [0.1, 0.15) is 56.6 Å². The Morgan fingerprint density at radius 1 is 1.08 bits per heavy atom. The molecule has 206 valence electrons. The van der Waals surface area contributed by atoms with E-state index in [0.717, 1.165) is 33.6 Å². The van der Waals surface area contributed by atoms with Gasteiger partial charge in [0.15, 0.2) is 17.3 Å². The summed E-state index contributed by atoms with van der Waals surface area (Å²) in [6.07, 6.45) is 8.35. The van der Waals surface area contributed by atoms with Crippen molar-refractivity contribution in [3.63, 3.8) is 0 Å². The van der Waals surface area contributed by atoms with Gasteiger partial charge in [-0.25, -0.2) is 0 Å². The Kier molecular flexibility index (Phi) is 10.4. The van der Waals surface area contributed by atoms with Gasteiger partial charge in [0, 0.05) is 0 Å². The summed E-state index contributed by atoms with van der Waals surface area (Å²) < 4.78 is 18.1. The number of carbonyl (C=O) groups is 1. The lowest BCUT2D eigenvalue weighted by Crippen LogP contribution is -2.35. The molecule has 0 aromatic heterocycles. The number of nitrogens with one attached hydrogen (secondary N) is 1. The van der Waals surface area contributed by atoms with Gasteiger partial charge < -0.3 is 14.2 Å². The molecule has 1 amide bonds. The molecule has 1 N–H and O–H groups in total. The number of hydrazone groups is 1. The minimum Gasteiger partial charge on any atom is -0.493 e. The molecular weight excluding hydrogens is 627 g/mol. The number of rotatable bonds is 13. The number of halogens is 1. The Morgan fingerprint density at radius 3 is 2.56 bits per heavy atom. The third-order valence-electron chi connectivity index (χ3n) is 6.17. The zero-order valence-electron chi connectivity index (χ0n) is 22.5. The van der Waals surface area contributed by atoms with Crippen LogP contribution in [0.3, 0.4) is 0 Å². The molecule has 4 rings (SSSR count). The van der Waals surface area contributed by atoms with Gasteiger partial charge in [-0.2, -0.15) is 15.1 Å². The number of unbranched alkanes of at least 4 members (excludes halogenated alkanes) is 4. The van der Waals surface area contributed by atoms with E-state index in [4.69, 9.17) is 19.6 Å². The maximum absolute atomic E-state index is 12.8. The lowest BCUT2D eigenvalue weighted by atomic mass is 10.1. The van der Waals surface area contributed by atoms with Gasteiger partial charge in [-0.15, -0.1) is 0 Å². The second kappa shape index (κ2) is 14.0. The van der Waals surface area contributed by atoms with Crippen LogP contribution in [0.2, 0.25) is 0 Å². The maximum atomic E-state index is 12.8. The molecule has 0 radical (unpaired) electrons. The normalized spacial score (nSPS) is 15.8. The molecule has 0 saturated heterocycles. The highest BCUT2D eigenvalue weighted by Gasteiger charge is 2.35. The quantitative estimate of drug-likeness (QED) is 0.141. The van der Waals surface area contributed by atoms with Crippen molar-refractivity contribution in [3.05, 3.63) is 56.7 Å². The summed E-state index contributed by atoms with van der Waals surface area (Å²) in [5, 5.41) is 16.1. The van der Waals surface area contributed by atoms with Crippen LogP contribution in [-0.2, 0) is 4.79 Å². The predicted molar refractivity (Wildman–Crippen MR) is 166 cm³/mol. The summed E-state index contributed by atoms with van der Waals surface area (Å²) in [5.41, 5.74) is 2.07. The molecule has 0 fully saturated rings. The average Bonchev–Trinajstić information content (AvgIpc) is 3.33. The van der Waals surface area contributed by atoms with Crippen LogP contribution >= 0.6 is 34.4 Å². The number of amides is 1. The van der Waals surface area contributed by atoms with Crippen molar-refractivity contribution in [1.29, 1.82) is 5.41 Å². The van der Waals surface area contributed by atoms with Crippen molar-refractivity contribution in [3.8, 4) is 17.2 Å². The van der Waals surface area contributed by atoms with Gasteiger partial charge in [-0.05, 0) is 90.0 Å². The highest BCUT2D eigenvalue weighted by Crippen LogP contribution is 2.36. The summed E-state index contributed by atoms with van der Waals surface area (Å²) >= 11 is 3.56. The Labute approximate surface area is 247 Å². The first-order chi connectivity index (χ1) is 18.9. The zero-order valence-corrected chi connectivity index (χ0v) is 25.4. The Bertz CT molecular complexity index is 1310. The summed E-state index contributed by atoms with van der Waals surface area (Å²) in [7, 11) is 1.57. The van der Waals surface area contributed by atoms with E-state index in [9.17, 15) is 4.79 Å². The van der Waals surface area contributed by atoms with E-state index in [-0.39, 0.29) is 11.4 Å². The molecule has 0 aliphatic carbocycles. The number of benzene rings is 2. The topological polar surface area (TPSA) is 96.6 Å². The van der Waals surface area contributed by atoms with E-state index in [0.29, 0.717) is 35.4 Å². The van der Waals surface area contributed by atoms with E-state index in [1.807, 2.05) is 37.3 Å². The molecule has 0 atom stereocenters. The second-order valence-electron chi connectivity index (χ2n) is 9.22. The van der Waals surface area contributed by atoms with Crippen LogP contribution in [0.5, 0.6) is 17.2 Å². The SMILES string of the molecule is CCCCCCCC1=NN2C(=N)/C(=C/c3cc(I)c(OCCOc4ccc(C)cc4)c(OC)c3)C(=O)N=C2S1. The molecule has 0 saturated carbocycles. The lowest BCUT2D eigenvalue weighted by molar-refractivity contribution is -0.114. The first-order valence-corrected chi connectivity index (χ1v) is 15.0. The molecule has 2 heterocycles. The first-order valence-electron chi connectivity index (χ1n) is 13.1. The van der Waals surface area contributed by atoms with Gasteiger partial charge in [0.2, 0.25) is 5.17 Å². The number of aryl methyl sites for hydroxylation is 1. The monoisotopic (exact) mass is 660 g/mol. The van der Waals surface area contributed by atoms with Crippen molar-refractivity contribution in [2.75, 3.05) is 20.3 Å². The fourth-order valence-electron chi connectivity index (χ4n) is 4.08. The van der Waals surface area contributed by atoms with Gasteiger partial charge in [-0.1, -0.05) is 50.3 Å². The van der Waals surface area contributed by atoms with Crippen molar-refractivity contribution < 1.29 is 19.0 Å². The van der Waals surface area contributed by atoms with E-state index < -0.39 is 5.91 Å². The number of aliphatic imine (C=N–C) groups is 1. The summed E-state index contributed by atoms with van der Waals surface area (Å²) in [5.74, 6) is 1.50. The number of amidine groups is 2. The third kappa shape index (κ3) is 7.63. The highest BCUT2D eigenvalue weighted by atomic mass is 127. The van der Waals surface area contributed by atoms with Crippen LogP contribution in [0.15, 0.2) is 52.1 Å². The van der Waals surface area contributed by atoms with E-state index >= 15 is 0 Å². The molecule has 8 nitrogen and oxygen atoms in total. The molecular formula is C29H33IN4O4S. The Hall–Kier alpha value is -2.86. The van der Waals surface area contributed by atoms with Crippen LogP contribution in [0.4, 0.5) is 0 Å². The van der Waals surface area contributed by atoms with Crippen LogP contribution in [0, 0.1) is 15.9 Å². The first kappa shape index (κ1) is 29.1. The van der Waals surface area contributed by atoms with E-state index in [1.54, 1.807) is 19.3 Å². The summed E-state index contributed by atoms with van der Waals surface area (Å²) in [6, 6.07) is 11.5.